The topological polar surface area (TPSA) is 91.5 Å². The zero-order valence-electron chi connectivity index (χ0n) is 11.6. The first-order valence-corrected chi connectivity index (χ1v) is 6.54. The number of hydrogen-bond acceptors (Lipinski definition) is 7. The Morgan fingerprint density at radius 1 is 1.33 bits per heavy atom. The summed E-state index contributed by atoms with van der Waals surface area (Å²) in [7, 11) is 1.51. The van der Waals surface area contributed by atoms with Crippen molar-refractivity contribution < 1.29 is 14.2 Å². The molecule has 0 radical (unpaired) electrons. The van der Waals surface area contributed by atoms with Gasteiger partial charge in [-0.2, -0.15) is 4.98 Å². The fourth-order valence-electron chi connectivity index (χ4n) is 2.06. The van der Waals surface area contributed by atoms with Crippen molar-refractivity contribution in [2.24, 2.45) is 0 Å². The van der Waals surface area contributed by atoms with E-state index in [1.54, 1.807) is 0 Å². The first-order chi connectivity index (χ1) is 10.3. The molecule has 3 rings (SSSR count). The van der Waals surface area contributed by atoms with E-state index in [1.165, 1.54) is 13.4 Å². The Balaban J connectivity index is 1.64. The number of benzene rings is 1. The monoisotopic (exact) mass is 288 g/mol. The molecular formula is C14H16N4O3. The van der Waals surface area contributed by atoms with E-state index in [0.29, 0.717) is 30.5 Å². The van der Waals surface area contributed by atoms with Crippen molar-refractivity contribution in [2.75, 3.05) is 31.3 Å². The average Bonchev–Trinajstić information content (AvgIpc) is 2.54. The molecular weight excluding hydrogens is 272 g/mol. The predicted octanol–water partition coefficient (Wildman–Crippen LogP) is 1.32. The van der Waals surface area contributed by atoms with Crippen molar-refractivity contribution in [3.05, 3.63) is 30.6 Å². The van der Waals surface area contributed by atoms with Crippen LogP contribution in [0.4, 0.5) is 11.5 Å². The van der Waals surface area contributed by atoms with Crippen LogP contribution >= 0.6 is 0 Å². The Bertz CT molecular complexity index is 635. The number of anilines is 2. The van der Waals surface area contributed by atoms with Crippen LogP contribution in [-0.2, 0) is 0 Å². The van der Waals surface area contributed by atoms with Gasteiger partial charge in [0, 0.05) is 0 Å². The normalized spacial score (nSPS) is 16.3. The smallest absolute Gasteiger partial charge is 0.242 e. The fraction of sp³-hybridized carbons (Fsp3) is 0.286. The van der Waals surface area contributed by atoms with E-state index in [-0.39, 0.29) is 6.10 Å². The molecule has 1 atom stereocenters. The molecule has 3 N–H and O–H groups in total. The maximum Gasteiger partial charge on any atom is 0.242 e. The summed E-state index contributed by atoms with van der Waals surface area (Å²) in [5.41, 5.74) is 6.27. The van der Waals surface area contributed by atoms with Crippen molar-refractivity contribution in [3.8, 4) is 17.4 Å². The molecule has 2 aromatic rings. The van der Waals surface area contributed by atoms with Gasteiger partial charge < -0.3 is 25.3 Å². The van der Waals surface area contributed by atoms with E-state index in [1.807, 2.05) is 24.3 Å². The van der Waals surface area contributed by atoms with E-state index in [0.717, 1.165) is 11.5 Å². The number of hydrogen-bond donors (Lipinski definition) is 2. The zero-order chi connectivity index (χ0) is 14.7. The maximum absolute atomic E-state index is 5.90. The van der Waals surface area contributed by atoms with Crippen molar-refractivity contribution in [1.82, 2.24) is 9.97 Å². The van der Waals surface area contributed by atoms with E-state index in [9.17, 15) is 0 Å². The number of aromatic nitrogens is 2. The third kappa shape index (κ3) is 2.76. The van der Waals surface area contributed by atoms with Crippen molar-refractivity contribution in [3.63, 3.8) is 0 Å². The molecule has 7 nitrogen and oxygen atoms in total. The van der Waals surface area contributed by atoms with E-state index < -0.39 is 0 Å². The highest BCUT2D eigenvalue weighted by Crippen LogP contribution is 2.31. The van der Waals surface area contributed by atoms with Crippen LogP contribution < -0.4 is 25.3 Å². The molecule has 0 amide bonds. The SMILES string of the molecule is COc1ncnc(NCC2COc3ccccc3O2)c1N. The lowest BCUT2D eigenvalue weighted by Gasteiger charge is -2.26. The third-order valence-electron chi connectivity index (χ3n) is 3.11. The van der Waals surface area contributed by atoms with Gasteiger partial charge in [0.2, 0.25) is 5.88 Å². The Hall–Kier alpha value is -2.70. The van der Waals surface area contributed by atoms with Gasteiger partial charge in [-0.25, -0.2) is 4.98 Å². The molecule has 1 unspecified atom stereocenters. The van der Waals surface area contributed by atoms with E-state index >= 15 is 0 Å². The molecule has 1 aliphatic rings. The third-order valence-corrected chi connectivity index (χ3v) is 3.11. The van der Waals surface area contributed by atoms with Gasteiger partial charge in [-0.3, -0.25) is 0 Å². The Labute approximate surface area is 122 Å². The minimum Gasteiger partial charge on any atom is -0.486 e. The number of fused-ring (bicyclic) bond motifs is 1. The van der Waals surface area contributed by atoms with E-state index in [4.69, 9.17) is 19.9 Å². The number of nitrogens with zero attached hydrogens (tertiary/aromatic N) is 2. The van der Waals surface area contributed by atoms with Gasteiger partial charge in [-0.15, -0.1) is 0 Å². The first kappa shape index (κ1) is 13.3. The molecule has 7 heteroatoms. The lowest BCUT2D eigenvalue weighted by atomic mass is 10.2. The Morgan fingerprint density at radius 3 is 2.95 bits per heavy atom. The van der Waals surface area contributed by atoms with Crippen molar-refractivity contribution in [2.45, 2.75) is 6.10 Å². The van der Waals surface area contributed by atoms with Crippen LogP contribution in [-0.4, -0.2) is 36.3 Å². The largest absolute Gasteiger partial charge is 0.486 e. The highest BCUT2D eigenvalue weighted by atomic mass is 16.6. The molecule has 0 saturated carbocycles. The number of nitrogen functional groups attached to an aromatic ring is 1. The van der Waals surface area contributed by atoms with E-state index in [2.05, 4.69) is 15.3 Å². The lowest BCUT2D eigenvalue weighted by molar-refractivity contribution is 0.0997. The molecule has 110 valence electrons. The highest BCUT2D eigenvalue weighted by Gasteiger charge is 2.21. The minimum atomic E-state index is -0.125. The van der Waals surface area contributed by atoms with Gasteiger partial charge in [0.05, 0.1) is 13.7 Å². The zero-order valence-corrected chi connectivity index (χ0v) is 11.6. The van der Waals surface area contributed by atoms with Gasteiger partial charge in [-0.1, -0.05) is 12.1 Å². The predicted molar refractivity (Wildman–Crippen MR) is 77.8 cm³/mol. The average molecular weight is 288 g/mol. The van der Waals surface area contributed by atoms with Crippen LogP contribution in [0.1, 0.15) is 0 Å². The summed E-state index contributed by atoms with van der Waals surface area (Å²) in [5.74, 6) is 2.36. The summed E-state index contributed by atoms with van der Waals surface area (Å²) < 4.78 is 16.5. The van der Waals surface area contributed by atoms with Gasteiger partial charge in [-0.05, 0) is 12.1 Å². The van der Waals surface area contributed by atoms with Crippen LogP contribution in [0.2, 0.25) is 0 Å². The number of para-hydroxylation sites is 2. The van der Waals surface area contributed by atoms with Crippen LogP contribution in [0.3, 0.4) is 0 Å². The number of methoxy groups -OCH3 is 1. The summed E-state index contributed by atoms with van der Waals surface area (Å²) in [6.45, 7) is 0.977. The Kier molecular flexibility index (Phi) is 3.63. The molecule has 0 saturated heterocycles. The van der Waals surface area contributed by atoms with Crippen LogP contribution in [0.5, 0.6) is 17.4 Å². The highest BCUT2D eigenvalue weighted by molar-refractivity contribution is 5.66. The Morgan fingerprint density at radius 2 is 2.14 bits per heavy atom. The summed E-state index contributed by atoms with van der Waals surface area (Å²) in [4.78, 5) is 8.02. The molecule has 1 aromatic heterocycles. The molecule has 0 aliphatic carbocycles. The summed E-state index contributed by atoms with van der Waals surface area (Å²) >= 11 is 0. The second-order valence-electron chi connectivity index (χ2n) is 4.52. The summed E-state index contributed by atoms with van der Waals surface area (Å²) in [6, 6.07) is 7.58. The van der Waals surface area contributed by atoms with Crippen molar-refractivity contribution >= 4 is 11.5 Å². The van der Waals surface area contributed by atoms with Gasteiger partial charge in [0.25, 0.3) is 0 Å². The van der Waals surface area contributed by atoms with Crippen molar-refractivity contribution in [1.29, 1.82) is 0 Å². The second-order valence-corrected chi connectivity index (χ2v) is 4.52. The maximum atomic E-state index is 5.90. The van der Waals surface area contributed by atoms with Crippen LogP contribution in [0, 0.1) is 0 Å². The summed E-state index contributed by atoms with van der Waals surface area (Å²) in [6.07, 6.45) is 1.27. The molecule has 21 heavy (non-hydrogen) atoms. The molecule has 1 aliphatic heterocycles. The number of nitrogens with two attached hydrogens (primary N) is 1. The molecule has 1 aromatic carbocycles. The van der Waals surface area contributed by atoms with Gasteiger partial charge in [0.15, 0.2) is 17.3 Å². The van der Waals surface area contributed by atoms with Crippen LogP contribution in [0.15, 0.2) is 30.6 Å². The van der Waals surface area contributed by atoms with Crippen LogP contribution in [0.25, 0.3) is 0 Å². The molecule has 2 heterocycles. The summed E-state index contributed by atoms with van der Waals surface area (Å²) in [5, 5.41) is 3.13. The number of nitrogens with one attached hydrogen (secondary N) is 1. The number of rotatable bonds is 4. The standard InChI is InChI=1S/C14H16N4O3/c1-19-14-12(15)13(17-8-18-14)16-6-9-7-20-10-4-2-3-5-11(10)21-9/h2-5,8-9H,6-7,15H2,1H3,(H,16,17,18). The molecule has 0 spiro atoms. The molecule has 0 fully saturated rings. The molecule has 0 bridgehead atoms. The van der Waals surface area contributed by atoms with Gasteiger partial charge in [0.1, 0.15) is 24.7 Å². The minimum absolute atomic E-state index is 0.125. The number of ether oxygens (including phenoxy) is 3. The second kappa shape index (κ2) is 5.74. The fourth-order valence-corrected chi connectivity index (χ4v) is 2.06. The first-order valence-electron chi connectivity index (χ1n) is 6.54. The lowest BCUT2D eigenvalue weighted by Crippen LogP contribution is -2.35. The quantitative estimate of drug-likeness (QED) is 0.876. The van der Waals surface area contributed by atoms with Gasteiger partial charge >= 0.3 is 0 Å².